The number of anilines is 1. The molecule has 5 heteroatoms. The van der Waals surface area contributed by atoms with Gasteiger partial charge in [-0.1, -0.05) is 12.8 Å². The number of hydrogen-bond donors (Lipinski definition) is 2. The molecule has 0 bridgehead atoms. The first-order chi connectivity index (χ1) is 8.63. The van der Waals surface area contributed by atoms with Gasteiger partial charge in [0, 0.05) is 16.6 Å². The molecule has 0 aromatic heterocycles. The number of rotatable bonds is 4. The van der Waals surface area contributed by atoms with Crippen LogP contribution in [0.2, 0.25) is 0 Å². The van der Waals surface area contributed by atoms with Gasteiger partial charge in [0.25, 0.3) is 0 Å². The van der Waals surface area contributed by atoms with Crippen LogP contribution in [0, 0.1) is 5.82 Å². The number of hydrogen-bond acceptors (Lipinski definition) is 3. The van der Waals surface area contributed by atoms with Crippen LogP contribution in [-0.4, -0.2) is 17.7 Å². The molecule has 1 amide bonds. The molecule has 3 nitrogen and oxygen atoms in total. The lowest BCUT2D eigenvalue weighted by Gasteiger charge is -2.11. The van der Waals surface area contributed by atoms with E-state index in [1.54, 1.807) is 6.07 Å². The fraction of sp³-hybridized carbons (Fsp3) is 0.462. The number of carbonyl (C=O) groups excluding carboxylic acids is 1. The summed E-state index contributed by atoms with van der Waals surface area (Å²) < 4.78 is 13.1. The molecule has 1 aromatic rings. The number of thioether (sulfide) groups is 1. The Bertz CT molecular complexity index is 413. The Balaban J connectivity index is 1.81. The third kappa shape index (κ3) is 3.91. The largest absolute Gasteiger partial charge is 0.399 e. The lowest BCUT2D eigenvalue weighted by molar-refractivity contribution is -0.119. The van der Waals surface area contributed by atoms with Crippen molar-refractivity contribution >= 4 is 23.4 Å². The van der Waals surface area contributed by atoms with Crippen LogP contribution in [0.4, 0.5) is 10.1 Å². The maximum Gasteiger partial charge on any atom is 0.230 e. The number of nitrogen functional groups attached to an aromatic ring is 1. The van der Waals surface area contributed by atoms with Gasteiger partial charge in [0.1, 0.15) is 5.82 Å². The van der Waals surface area contributed by atoms with E-state index in [2.05, 4.69) is 5.32 Å². The van der Waals surface area contributed by atoms with E-state index in [4.69, 9.17) is 5.73 Å². The Labute approximate surface area is 110 Å². The molecule has 0 unspecified atom stereocenters. The zero-order valence-corrected chi connectivity index (χ0v) is 10.9. The highest BCUT2D eigenvalue weighted by Crippen LogP contribution is 2.22. The zero-order chi connectivity index (χ0) is 13.0. The predicted octanol–water partition coefficient (Wildman–Crippen LogP) is 2.56. The summed E-state index contributed by atoms with van der Waals surface area (Å²) in [5.41, 5.74) is 5.93. The van der Waals surface area contributed by atoms with E-state index >= 15 is 0 Å². The minimum Gasteiger partial charge on any atom is -0.399 e. The first kappa shape index (κ1) is 13.2. The SMILES string of the molecule is Nc1cc(F)cc(SCC(=O)NC2CCCC2)c1. The zero-order valence-electron chi connectivity index (χ0n) is 10.1. The molecule has 2 rings (SSSR count). The molecular weight excluding hydrogens is 251 g/mol. The fourth-order valence-corrected chi connectivity index (χ4v) is 2.95. The lowest BCUT2D eigenvalue weighted by Crippen LogP contribution is -2.33. The highest BCUT2D eigenvalue weighted by atomic mass is 32.2. The second kappa shape index (κ2) is 6.09. The first-order valence-corrected chi connectivity index (χ1v) is 7.10. The normalized spacial score (nSPS) is 15.8. The quantitative estimate of drug-likeness (QED) is 0.652. The molecule has 0 saturated heterocycles. The number of amides is 1. The molecule has 98 valence electrons. The minimum atomic E-state index is -0.367. The average Bonchev–Trinajstić information content (AvgIpc) is 2.78. The molecule has 1 fully saturated rings. The third-order valence-electron chi connectivity index (χ3n) is 2.98. The Hall–Kier alpha value is -1.23. The summed E-state index contributed by atoms with van der Waals surface area (Å²) in [6.45, 7) is 0. The van der Waals surface area contributed by atoms with Crippen molar-refractivity contribution in [2.24, 2.45) is 0 Å². The van der Waals surface area contributed by atoms with Crippen molar-refractivity contribution in [3.63, 3.8) is 0 Å². The maximum absolute atomic E-state index is 13.1. The average molecular weight is 268 g/mol. The van der Waals surface area contributed by atoms with E-state index < -0.39 is 0 Å². The highest BCUT2D eigenvalue weighted by molar-refractivity contribution is 8.00. The Morgan fingerprint density at radius 1 is 1.39 bits per heavy atom. The monoisotopic (exact) mass is 268 g/mol. The van der Waals surface area contributed by atoms with Crippen molar-refractivity contribution in [2.45, 2.75) is 36.6 Å². The molecule has 0 atom stereocenters. The molecule has 1 aliphatic carbocycles. The molecule has 0 radical (unpaired) electrons. The number of benzene rings is 1. The van der Waals surface area contributed by atoms with E-state index in [1.165, 1.54) is 36.7 Å². The summed E-state index contributed by atoms with van der Waals surface area (Å²) in [6, 6.07) is 4.67. The maximum atomic E-state index is 13.1. The molecule has 0 heterocycles. The topological polar surface area (TPSA) is 55.1 Å². The fourth-order valence-electron chi connectivity index (χ4n) is 2.16. The number of nitrogens with two attached hydrogens (primary N) is 1. The van der Waals surface area contributed by atoms with Crippen molar-refractivity contribution in [3.8, 4) is 0 Å². The molecule has 1 saturated carbocycles. The number of carbonyl (C=O) groups is 1. The lowest BCUT2D eigenvalue weighted by atomic mass is 10.2. The summed E-state index contributed by atoms with van der Waals surface area (Å²) in [5, 5.41) is 2.99. The standard InChI is InChI=1S/C13H17FN2OS/c14-9-5-10(15)7-12(6-9)18-8-13(17)16-11-3-1-2-4-11/h5-7,11H,1-4,8,15H2,(H,16,17). The van der Waals surface area contributed by atoms with Gasteiger partial charge in [0.05, 0.1) is 5.75 Å². The van der Waals surface area contributed by atoms with Gasteiger partial charge in [0.2, 0.25) is 5.91 Å². The second-order valence-electron chi connectivity index (χ2n) is 4.56. The Morgan fingerprint density at radius 2 is 2.11 bits per heavy atom. The molecule has 1 aromatic carbocycles. The van der Waals surface area contributed by atoms with E-state index in [1.807, 2.05) is 0 Å². The van der Waals surface area contributed by atoms with Crippen LogP contribution >= 0.6 is 11.8 Å². The van der Waals surface area contributed by atoms with E-state index in [0.717, 1.165) is 12.8 Å². The third-order valence-corrected chi connectivity index (χ3v) is 3.96. The van der Waals surface area contributed by atoms with Crippen LogP contribution in [0.5, 0.6) is 0 Å². The van der Waals surface area contributed by atoms with Gasteiger partial charge in [-0.25, -0.2) is 4.39 Å². The van der Waals surface area contributed by atoms with Gasteiger partial charge in [0.15, 0.2) is 0 Å². The summed E-state index contributed by atoms with van der Waals surface area (Å²) in [6.07, 6.45) is 4.53. The smallest absolute Gasteiger partial charge is 0.230 e. The molecule has 1 aliphatic rings. The van der Waals surface area contributed by atoms with Crippen molar-refractivity contribution in [3.05, 3.63) is 24.0 Å². The highest BCUT2D eigenvalue weighted by Gasteiger charge is 2.16. The van der Waals surface area contributed by atoms with Crippen LogP contribution in [0.3, 0.4) is 0 Å². The van der Waals surface area contributed by atoms with Crippen molar-refractivity contribution in [1.82, 2.24) is 5.32 Å². The van der Waals surface area contributed by atoms with E-state index in [-0.39, 0.29) is 11.7 Å². The van der Waals surface area contributed by atoms with Gasteiger partial charge in [-0.3, -0.25) is 4.79 Å². The van der Waals surface area contributed by atoms with Crippen molar-refractivity contribution in [2.75, 3.05) is 11.5 Å². The summed E-state index contributed by atoms with van der Waals surface area (Å²) >= 11 is 1.31. The minimum absolute atomic E-state index is 0.00901. The molecule has 0 aliphatic heterocycles. The summed E-state index contributed by atoms with van der Waals surface area (Å²) in [4.78, 5) is 12.4. The van der Waals surface area contributed by atoms with Crippen LogP contribution in [0.15, 0.2) is 23.1 Å². The Morgan fingerprint density at radius 3 is 2.78 bits per heavy atom. The van der Waals surface area contributed by atoms with E-state index in [9.17, 15) is 9.18 Å². The Kier molecular flexibility index (Phi) is 4.47. The molecule has 3 N–H and O–H groups in total. The summed E-state index contributed by atoms with van der Waals surface area (Å²) in [7, 11) is 0. The molecular formula is C13H17FN2OS. The van der Waals surface area contributed by atoms with E-state index in [0.29, 0.717) is 22.4 Å². The second-order valence-corrected chi connectivity index (χ2v) is 5.61. The number of halogens is 1. The summed E-state index contributed by atoms with van der Waals surface area (Å²) in [5.74, 6) is -0.0530. The number of nitrogens with one attached hydrogen (secondary N) is 1. The van der Waals surface area contributed by atoms with Crippen LogP contribution in [0.25, 0.3) is 0 Å². The van der Waals surface area contributed by atoms with Crippen molar-refractivity contribution in [1.29, 1.82) is 0 Å². The van der Waals surface area contributed by atoms with Gasteiger partial charge >= 0.3 is 0 Å². The van der Waals surface area contributed by atoms with Gasteiger partial charge in [-0.15, -0.1) is 11.8 Å². The van der Waals surface area contributed by atoms with Gasteiger partial charge in [-0.2, -0.15) is 0 Å². The van der Waals surface area contributed by atoms with Crippen molar-refractivity contribution < 1.29 is 9.18 Å². The van der Waals surface area contributed by atoms with Gasteiger partial charge < -0.3 is 11.1 Å². The van der Waals surface area contributed by atoms with Crippen LogP contribution in [-0.2, 0) is 4.79 Å². The predicted molar refractivity (Wildman–Crippen MR) is 71.9 cm³/mol. The van der Waals surface area contributed by atoms with Crippen LogP contribution < -0.4 is 11.1 Å². The first-order valence-electron chi connectivity index (χ1n) is 6.12. The molecule has 18 heavy (non-hydrogen) atoms. The van der Waals surface area contributed by atoms with Crippen LogP contribution in [0.1, 0.15) is 25.7 Å². The van der Waals surface area contributed by atoms with Gasteiger partial charge in [-0.05, 0) is 31.0 Å². The molecule has 0 spiro atoms.